The average Bonchev–Trinajstić information content (AvgIpc) is 3.26. The third kappa shape index (κ3) is 6.57. The number of ether oxygens (including phenoxy) is 2. The van der Waals surface area contributed by atoms with Crippen LogP contribution in [0.3, 0.4) is 0 Å². The van der Waals surface area contributed by atoms with Gasteiger partial charge in [0, 0.05) is 12.0 Å². The zero-order valence-corrected chi connectivity index (χ0v) is 19.9. The molecule has 0 spiro atoms. The Hall–Kier alpha value is -4.10. The zero-order chi connectivity index (χ0) is 26.6. The number of benzene rings is 1. The van der Waals surface area contributed by atoms with E-state index in [1.54, 1.807) is 0 Å². The van der Waals surface area contributed by atoms with E-state index >= 15 is 0 Å². The Bertz CT molecular complexity index is 1400. The number of halogens is 3. The van der Waals surface area contributed by atoms with Crippen molar-refractivity contribution < 1.29 is 32.5 Å². The Labute approximate surface area is 209 Å². The third-order valence-corrected chi connectivity index (χ3v) is 4.95. The first-order chi connectivity index (χ1) is 17.5. The van der Waals surface area contributed by atoms with Crippen LogP contribution in [0.4, 0.5) is 19.0 Å². The quantitative estimate of drug-likeness (QED) is 0.253. The van der Waals surface area contributed by atoms with E-state index in [0.717, 1.165) is 10.6 Å². The van der Waals surface area contributed by atoms with E-state index in [2.05, 4.69) is 25.4 Å². The smallest absolute Gasteiger partial charge is 0.417 e. The lowest BCUT2D eigenvalue weighted by molar-refractivity contribution is -0.176. The Balaban J connectivity index is 1.49. The maximum absolute atomic E-state index is 13.5. The fourth-order valence-electron chi connectivity index (χ4n) is 3.34. The largest absolute Gasteiger partial charge is 0.476 e. The number of carbonyl (C=O) groups is 1. The molecule has 1 amide bonds. The Morgan fingerprint density at radius 2 is 1.86 bits per heavy atom. The number of aliphatic hydroxyl groups is 1. The van der Waals surface area contributed by atoms with Crippen LogP contribution in [-0.2, 0) is 10.9 Å². The van der Waals surface area contributed by atoms with Gasteiger partial charge in [-0.1, -0.05) is 18.2 Å². The van der Waals surface area contributed by atoms with E-state index in [1.807, 2.05) is 0 Å². The summed E-state index contributed by atoms with van der Waals surface area (Å²) in [5.74, 6) is -1.64. The number of hydrogen-bond acceptors (Lipinski definition) is 8. The van der Waals surface area contributed by atoms with Gasteiger partial charge in [-0.2, -0.15) is 23.3 Å². The van der Waals surface area contributed by atoms with Crippen molar-refractivity contribution in [3.8, 4) is 17.1 Å². The van der Waals surface area contributed by atoms with Crippen molar-refractivity contribution in [1.29, 1.82) is 0 Å². The highest BCUT2D eigenvalue weighted by molar-refractivity contribution is 6.02. The molecule has 0 aliphatic rings. The van der Waals surface area contributed by atoms with Crippen molar-refractivity contribution in [2.75, 3.05) is 18.5 Å². The molecule has 4 aromatic rings. The summed E-state index contributed by atoms with van der Waals surface area (Å²) in [6.45, 7) is 3.55. The Kier molecular flexibility index (Phi) is 7.36. The van der Waals surface area contributed by atoms with E-state index in [0.29, 0.717) is 6.42 Å². The second-order valence-corrected chi connectivity index (χ2v) is 8.37. The van der Waals surface area contributed by atoms with Crippen LogP contribution in [0.15, 0.2) is 55.0 Å². The maximum atomic E-state index is 13.5. The molecule has 4 rings (SSSR count). The van der Waals surface area contributed by atoms with E-state index in [-0.39, 0.29) is 47.5 Å². The minimum Gasteiger partial charge on any atom is -0.476 e. The first-order valence-corrected chi connectivity index (χ1v) is 11.2. The minimum atomic E-state index is -4.57. The van der Waals surface area contributed by atoms with Crippen molar-refractivity contribution in [1.82, 2.24) is 24.6 Å². The lowest BCUT2D eigenvalue weighted by Gasteiger charge is -2.17. The number of amides is 1. The van der Waals surface area contributed by atoms with E-state index < -0.39 is 23.4 Å². The van der Waals surface area contributed by atoms with Crippen molar-refractivity contribution >= 4 is 17.4 Å². The number of imidazole rings is 1. The number of nitrogens with zero attached hydrogens (tertiary/aromatic N) is 5. The zero-order valence-electron chi connectivity index (χ0n) is 19.9. The first kappa shape index (κ1) is 26.0. The molecular weight excluding hydrogens is 493 g/mol. The van der Waals surface area contributed by atoms with Crippen molar-refractivity contribution in [3.05, 3.63) is 66.2 Å². The molecule has 0 saturated heterocycles. The van der Waals surface area contributed by atoms with Crippen LogP contribution < -0.4 is 10.1 Å². The third-order valence-electron chi connectivity index (χ3n) is 4.95. The van der Waals surface area contributed by atoms with Gasteiger partial charge in [-0.3, -0.25) is 9.78 Å². The Morgan fingerprint density at radius 1 is 1.08 bits per heavy atom. The second-order valence-electron chi connectivity index (χ2n) is 8.37. The number of hydrogen-bond donors (Lipinski definition) is 2. The molecule has 3 heterocycles. The minimum absolute atomic E-state index is 0.0155. The standard InChI is InChI=1S/C24H23F3N6O4/c1-23(2,35)37-11-5-10-36-21-14-28-13-19(30-21)31-22(34)18-12-29-20-9-8-17(32-33(18)20)15-6-3-4-7-16(15)24(25,26)27/h3-4,6-9,12-14,35H,5,10-11H2,1-2H3,(H,30,31,34). The molecule has 0 atom stereocenters. The lowest BCUT2D eigenvalue weighted by Crippen LogP contribution is -2.24. The molecule has 0 fully saturated rings. The summed E-state index contributed by atoms with van der Waals surface area (Å²) in [5.41, 5.74) is -0.684. The summed E-state index contributed by atoms with van der Waals surface area (Å²) >= 11 is 0. The van der Waals surface area contributed by atoms with Gasteiger partial charge < -0.3 is 19.9 Å². The van der Waals surface area contributed by atoms with Gasteiger partial charge in [0.05, 0.1) is 43.1 Å². The SMILES string of the molecule is CC(C)(O)OCCCOc1cncc(NC(=O)c2cnc3ccc(-c4ccccc4C(F)(F)F)nn23)n1. The van der Waals surface area contributed by atoms with Crippen LogP contribution in [0, 0.1) is 0 Å². The van der Waals surface area contributed by atoms with Crippen LogP contribution in [0.25, 0.3) is 16.9 Å². The fourth-order valence-corrected chi connectivity index (χ4v) is 3.34. The summed E-state index contributed by atoms with van der Waals surface area (Å²) in [5, 5.41) is 16.3. The van der Waals surface area contributed by atoms with Gasteiger partial charge in [0.15, 0.2) is 22.9 Å². The first-order valence-electron chi connectivity index (χ1n) is 11.2. The van der Waals surface area contributed by atoms with Crippen LogP contribution >= 0.6 is 0 Å². The molecular formula is C24H23F3N6O4. The molecule has 0 aliphatic carbocycles. The highest BCUT2D eigenvalue weighted by Crippen LogP contribution is 2.36. The van der Waals surface area contributed by atoms with Crippen molar-refractivity contribution in [2.24, 2.45) is 0 Å². The predicted octanol–water partition coefficient (Wildman–Crippen LogP) is 3.97. The van der Waals surface area contributed by atoms with Crippen molar-refractivity contribution in [2.45, 2.75) is 32.2 Å². The van der Waals surface area contributed by atoms with Gasteiger partial charge in [-0.15, -0.1) is 0 Å². The molecule has 37 heavy (non-hydrogen) atoms. The molecule has 0 aliphatic heterocycles. The number of carbonyl (C=O) groups excluding carboxylic acids is 1. The summed E-state index contributed by atoms with van der Waals surface area (Å²) in [6.07, 6.45) is -0.157. The topological polar surface area (TPSA) is 124 Å². The maximum Gasteiger partial charge on any atom is 0.417 e. The molecule has 1 aromatic carbocycles. The van der Waals surface area contributed by atoms with Gasteiger partial charge in [0.1, 0.15) is 0 Å². The molecule has 0 saturated carbocycles. The van der Waals surface area contributed by atoms with E-state index in [1.165, 1.54) is 62.8 Å². The van der Waals surface area contributed by atoms with E-state index in [9.17, 15) is 23.1 Å². The molecule has 10 nitrogen and oxygen atoms in total. The number of alkyl halides is 3. The van der Waals surface area contributed by atoms with Crippen LogP contribution in [-0.4, -0.2) is 54.6 Å². The summed E-state index contributed by atoms with van der Waals surface area (Å²) in [6, 6.07) is 7.94. The highest BCUT2D eigenvalue weighted by Gasteiger charge is 2.33. The molecule has 194 valence electrons. The number of nitrogens with one attached hydrogen (secondary N) is 1. The summed E-state index contributed by atoms with van der Waals surface area (Å²) in [7, 11) is 0. The average molecular weight is 516 g/mol. The van der Waals surface area contributed by atoms with E-state index in [4.69, 9.17) is 9.47 Å². The molecule has 3 aromatic heterocycles. The highest BCUT2D eigenvalue weighted by atomic mass is 19.4. The molecule has 0 radical (unpaired) electrons. The fraction of sp³-hybridized carbons (Fsp3) is 0.292. The molecule has 2 N–H and O–H groups in total. The monoisotopic (exact) mass is 516 g/mol. The predicted molar refractivity (Wildman–Crippen MR) is 126 cm³/mol. The van der Waals surface area contributed by atoms with Gasteiger partial charge in [0.25, 0.3) is 5.91 Å². The van der Waals surface area contributed by atoms with Gasteiger partial charge in [0.2, 0.25) is 5.88 Å². The summed E-state index contributed by atoms with van der Waals surface area (Å²) in [4.78, 5) is 25.2. The molecule has 0 unspecified atom stereocenters. The second kappa shape index (κ2) is 10.5. The van der Waals surface area contributed by atoms with Gasteiger partial charge in [-0.25, -0.2) is 9.50 Å². The number of aromatic nitrogens is 5. The normalized spacial score (nSPS) is 12.1. The van der Waals surface area contributed by atoms with Gasteiger partial charge in [-0.05, 0) is 32.0 Å². The van der Waals surface area contributed by atoms with Crippen LogP contribution in [0.1, 0.15) is 36.3 Å². The van der Waals surface area contributed by atoms with Crippen molar-refractivity contribution in [3.63, 3.8) is 0 Å². The lowest BCUT2D eigenvalue weighted by atomic mass is 10.0. The van der Waals surface area contributed by atoms with Crippen LogP contribution in [0.5, 0.6) is 5.88 Å². The number of rotatable bonds is 9. The molecule has 13 heteroatoms. The molecule has 0 bridgehead atoms. The summed E-state index contributed by atoms with van der Waals surface area (Å²) < 4.78 is 52.3. The Morgan fingerprint density at radius 3 is 2.62 bits per heavy atom. The van der Waals surface area contributed by atoms with Gasteiger partial charge >= 0.3 is 6.18 Å². The number of fused-ring (bicyclic) bond motifs is 1. The van der Waals surface area contributed by atoms with Crippen LogP contribution in [0.2, 0.25) is 0 Å². The number of anilines is 1.